The Morgan fingerprint density at radius 2 is 1.68 bits per heavy atom. The van der Waals surface area contributed by atoms with Crippen LogP contribution in [-0.4, -0.2) is 59.1 Å². The van der Waals surface area contributed by atoms with Crippen LogP contribution in [0.5, 0.6) is 0 Å². The summed E-state index contributed by atoms with van der Waals surface area (Å²) < 4.78 is 5.29. The second kappa shape index (κ2) is 9.47. The summed E-state index contributed by atoms with van der Waals surface area (Å²) in [5, 5.41) is 16.3. The van der Waals surface area contributed by atoms with Gasteiger partial charge in [0.05, 0.1) is 12.6 Å². The van der Waals surface area contributed by atoms with E-state index in [1.54, 1.807) is 6.92 Å². The van der Waals surface area contributed by atoms with E-state index in [4.69, 9.17) is 9.84 Å². The number of carbonyl (C=O) groups excluding carboxylic acids is 3. The minimum Gasteiger partial charge on any atom is -0.465 e. The van der Waals surface area contributed by atoms with Crippen molar-refractivity contribution in [1.82, 2.24) is 16.0 Å². The molecule has 1 heterocycles. The molecule has 0 unspecified atom stereocenters. The third kappa shape index (κ3) is 6.52. The average Bonchev–Trinajstić information content (AvgIpc) is 3.65. The van der Waals surface area contributed by atoms with Crippen molar-refractivity contribution in [3.8, 4) is 0 Å². The maximum absolute atomic E-state index is 13.1. The van der Waals surface area contributed by atoms with Gasteiger partial charge in [0.25, 0.3) is 0 Å². The third-order valence-corrected chi connectivity index (χ3v) is 5.65. The van der Waals surface area contributed by atoms with Crippen LogP contribution in [0.25, 0.3) is 0 Å². The smallest absolute Gasteiger partial charge is 0.405 e. The van der Waals surface area contributed by atoms with E-state index >= 15 is 0 Å². The highest BCUT2D eigenvalue weighted by Crippen LogP contribution is 2.34. The van der Waals surface area contributed by atoms with Gasteiger partial charge in [0, 0.05) is 0 Å². The number of rotatable bonds is 11. The van der Waals surface area contributed by atoms with Crippen LogP contribution in [-0.2, 0) is 25.5 Å². The highest BCUT2D eigenvalue weighted by Gasteiger charge is 2.50. The molecular formula is C22H29N3O6. The van der Waals surface area contributed by atoms with Gasteiger partial charge in [-0.25, -0.2) is 4.79 Å². The van der Waals surface area contributed by atoms with Crippen molar-refractivity contribution < 1.29 is 29.0 Å². The maximum Gasteiger partial charge on any atom is 0.405 e. The zero-order chi connectivity index (χ0) is 22.6. The molecule has 31 heavy (non-hydrogen) atoms. The fourth-order valence-electron chi connectivity index (χ4n) is 3.42. The lowest BCUT2D eigenvalue weighted by molar-refractivity contribution is -0.133. The van der Waals surface area contributed by atoms with Crippen LogP contribution in [0.2, 0.25) is 0 Å². The largest absolute Gasteiger partial charge is 0.465 e. The zero-order valence-electron chi connectivity index (χ0n) is 17.7. The number of amides is 3. The van der Waals surface area contributed by atoms with Gasteiger partial charge in [-0.3, -0.25) is 14.4 Å². The third-order valence-electron chi connectivity index (χ3n) is 5.65. The number of ketones is 1. The molecule has 1 saturated heterocycles. The first-order chi connectivity index (χ1) is 14.7. The predicted octanol–water partition coefficient (Wildman–Crippen LogP) is 1.01. The molecule has 0 bridgehead atoms. The Bertz CT molecular complexity index is 835. The number of carboxylic acid groups (broad SMARTS) is 1. The molecule has 168 valence electrons. The van der Waals surface area contributed by atoms with E-state index in [2.05, 4.69) is 16.0 Å². The quantitative estimate of drug-likeness (QED) is 0.386. The molecule has 0 spiro atoms. The van der Waals surface area contributed by atoms with Crippen molar-refractivity contribution >= 4 is 23.7 Å². The number of nitrogens with one attached hydrogen (secondary N) is 3. The van der Waals surface area contributed by atoms with Gasteiger partial charge >= 0.3 is 6.09 Å². The van der Waals surface area contributed by atoms with E-state index in [1.165, 1.54) is 6.92 Å². The van der Waals surface area contributed by atoms with Crippen molar-refractivity contribution in [2.24, 2.45) is 5.92 Å². The predicted molar refractivity (Wildman–Crippen MR) is 111 cm³/mol. The monoisotopic (exact) mass is 431 g/mol. The molecule has 4 atom stereocenters. The van der Waals surface area contributed by atoms with E-state index in [0.717, 1.165) is 18.4 Å². The fraction of sp³-hybridized carbons (Fsp3) is 0.545. The van der Waals surface area contributed by atoms with Crippen LogP contribution in [0.1, 0.15) is 38.7 Å². The number of hydrogen-bond donors (Lipinski definition) is 4. The van der Waals surface area contributed by atoms with Gasteiger partial charge in [-0.2, -0.15) is 0 Å². The van der Waals surface area contributed by atoms with Crippen molar-refractivity contribution in [2.75, 3.05) is 6.61 Å². The number of benzene rings is 1. The van der Waals surface area contributed by atoms with Crippen LogP contribution in [0.4, 0.5) is 4.79 Å². The summed E-state index contributed by atoms with van der Waals surface area (Å²) in [5.41, 5.74) is -0.00511. The van der Waals surface area contributed by atoms with Crippen LogP contribution in [0.3, 0.4) is 0 Å². The minimum absolute atomic E-state index is 0.206. The number of epoxide rings is 1. The van der Waals surface area contributed by atoms with Gasteiger partial charge in [-0.15, -0.1) is 0 Å². The van der Waals surface area contributed by atoms with Crippen LogP contribution in [0, 0.1) is 5.92 Å². The molecule has 3 amide bonds. The van der Waals surface area contributed by atoms with Crippen LogP contribution >= 0.6 is 0 Å². The molecule has 0 aromatic heterocycles. The molecule has 1 aromatic carbocycles. The lowest BCUT2D eigenvalue weighted by Crippen LogP contribution is -2.56. The summed E-state index contributed by atoms with van der Waals surface area (Å²) in [6.07, 6.45) is 1.38. The topological polar surface area (TPSA) is 137 Å². The molecule has 2 aliphatic rings. The van der Waals surface area contributed by atoms with Gasteiger partial charge in [0.2, 0.25) is 11.8 Å². The highest BCUT2D eigenvalue weighted by atomic mass is 16.6. The van der Waals surface area contributed by atoms with Gasteiger partial charge < -0.3 is 25.8 Å². The normalized spacial score (nSPS) is 22.5. The number of ether oxygens (including phenoxy) is 1. The molecule has 0 radical (unpaired) electrons. The Hall–Kier alpha value is -2.94. The standard InChI is InChI=1S/C22H29N3O6/c1-13(23-21(29)30)19(27)25-17(11-15-8-9-15)20(28)24-16(18(26)22(2)12-31-22)10-14-6-4-3-5-7-14/h3-7,13,15-17,23H,8-12H2,1-2H3,(H,24,28)(H,25,27)(H,29,30)/t13-,16-,17-,22+/m0/s1. The minimum atomic E-state index is -1.32. The molecule has 4 N–H and O–H groups in total. The van der Waals surface area contributed by atoms with Gasteiger partial charge in [-0.1, -0.05) is 43.2 Å². The van der Waals surface area contributed by atoms with Crippen molar-refractivity contribution in [1.29, 1.82) is 0 Å². The van der Waals surface area contributed by atoms with Crippen LogP contribution in [0.15, 0.2) is 30.3 Å². The first-order valence-corrected chi connectivity index (χ1v) is 10.5. The lowest BCUT2D eigenvalue weighted by atomic mass is 9.94. The molecule has 1 saturated carbocycles. The Balaban J connectivity index is 1.70. The molecule has 1 aliphatic heterocycles. The zero-order valence-corrected chi connectivity index (χ0v) is 17.7. The summed E-state index contributed by atoms with van der Waals surface area (Å²) >= 11 is 0. The summed E-state index contributed by atoms with van der Waals surface area (Å²) in [6.45, 7) is 3.42. The first-order valence-electron chi connectivity index (χ1n) is 10.5. The molecule has 1 aromatic rings. The Labute approximate surface area is 180 Å². The fourth-order valence-corrected chi connectivity index (χ4v) is 3.42. The summed E-state index contributed by atoms with van der Waals surface area (Å²) in [4.78, 5) is 49.2. The van der Waals surface area contributed by atoms with Crippen molar-refractivity contribution in [2.45, 2.75) is 63.3 Å². The molecule has 2 fully saturated rings. The van der Waals surface area contributed by atoms with Crippen molar-refractivity contribution in [3.05, 3.63) is 35.9 Å². The maximum atomic E-state index is 13.1. The Morgan fingerprint density at radius 3 is 2.23 bits per heavy atom. The van der Waals surface area contributed by atoms with Crippen LogP contribution < -0.4 is 16.0 Å². The van der Waals surface area contributed by atoms with Crippen molar-refractivity contribution in [3.63, 3.8) is 0 Å². The second-order valence-electron chi connectivity index (χ2n) is 8.55. The average molecular weight is 431 g/mol. The molecular weight excluding hydrogens is 402 g/mol. The second-order valence-corrected chi connectivity index (χ2v) is 8.55. The molecule has 9 nitrogen and oxygen atoms in total. The summed E-state index contributed by atoms with van der Waals surface area (Å²) in [7, 11) is 0. The summed E-state index contributed by atoms with van der Waals surface area (Å²) in [6, 6.07) is 6.70. The number of Topliss-reactive ketones (excluding diaryl/α,β-unsaturated/α-hetero) is 1. The van der Waals surface area contributed by atoms with E-state index in [1.807, 2.05) is 30.3 Å². The van der Waals surface area contributed by atoms with E-state index in [9.17, 15) is 19.2 Å². The molecule has 1 aliphatic carbocycles. The Morgan fingerprint density at radius 1 is 1.06 bits per heavy atom. The van der Waals surface area contributed by atoms with E-state index in [0.29, 0.717) is 25.4 Å². The number of carbonyl (C=O) groups is 4. The SMILES string of the molecule is C[C@H](NC(=O)O)C(=O)N[C@@H](CC1CC1)C(=O)N[C@@H](Cc1ccccc1)C(=O)[C@@]1(C)CO1. The Kier molecular flexibility index (Phi) is 6.94. The van der Waals surface area contributed by atoms with Gasteiger partial charge in [0.1, 0.15) is 17.7 Å². The molecule has 3 rings (SSSR count). The number of hydrogen-bond acceptors (Lipinski definition) is 5. The summed E-state index contributed by atoms with van der Waals surface area (Å²) in [5.74, 6) is -0.929. The van der Waals surface area contributed by atoms with Gasteiger partial charge in [0.15, 0.2) is 5.78 Å². The van der Waals surface area contributed by atoms with Gasteiger partial charge in [-0.05, 0) is 38.2 Å². The molecule has 9 heteroatoms. The first kappa shape index (κ1) is 22.7. The van der Waals surface area contributed by atoms with E-state index < -0.39 is 41.6 Å². The lowest BCUT2D eigenvalue weighted by Gasteiger charge is -2.25. The van der Waals surface area contributed by atoms with E-state index in [-0.39, 0.29) is 5.78 Å². The highest BCUT2D eigenvalue weighted by molar-refractivity contribution is 5.98.